The Morgan fingerprint density at radius 2 is 2.05 bits per heavy atom. The number of benzene rings is 1. The van der Waals surface area contributed by atoms with Gasteiger partial charge in [0.15, 0.2) is 0 Å². The topological polar surface area (TPSA) is 21.3 Å². The molecule has 1 atom stereocenters. The number of hydrogen-bond donors (Lipinski definition) is 1. The first-order chi connectivity index (χ1) is 10.2. The first-order valence-electron chi connectivity index (χ1n) is 8.31. The van der Waals surface area contributed by atoms with Crippen LogP contribution in [0.1, 0.15) is 63.5 Å². The highest BCUT2D eigenvalue weighted by atomic mass is 35.5. The van der Waals surface area contributed by atoms with Crippen molar-refractivity contribution in [1.29, 1.82) is 0 Å². The largest absolute Gasteiger partial charge is 0.495 e. The molecule has 1 aliphatic carbocycles. The lowest BCUT2D eigenvalue weighted by Crippen LogP contribution is -2.22. The van der Waals surface area contributed by atoms with Gasteiger partial charge in [-0.1, -0.05) is 56.7 Å². The molecule has 2 rings (SSSR count). The molecule has 1 aliphatic rings. The van der Waals surface area contributed by atoms with E-state index < -0.39 is 0 Å². The highest BCUT2D eigenvalue weighted by molar-refractivity contribution is 6.32. The van der Waals surface area contributed by atoms with Crippen LogP contribution in [0.25, 0.3) is 0 Å². The zero-order chi connectivity index (χ0) is 15.1. The van der Waals surface area contributed by atoms with Gasteiger partial charge in [0, 0.05) is 6.04 Å². The van der Waals surface area contributed by atoms with Crippen molar-refractivity contribution in [2.24, 2.45) is 5.92 Å². The standard InChI is InChI=1S/C18H28ClNO/c1-3-20-17(12-9-14-7-5-4-6-8-14)15-10-11-16(19)18(13-15)21-2/h10-11,13-14,17,20H,3-9,12H2,1-2H3. The molecule has 0 spiro atoms. The summed E-state index contributed by atoms with van der Waals surface area (Å²) in [4.78, 5) is 0. The smallest absolute Gasteiger partial charge is 0.137 e. The van der Waals surface area contributed by atoms with Crippen LogP contribution in [-0.2, 0) is 0 Å². The Hall–Kier alpha value is -0.730. The quantitative estimate of drug-likeness (QED) is 0.732. The second-order valence-corrected chi connectivity index (χ2v) is 6.49. The molecule has 0 amide bonds. The summed E-state index contributed by atoms with van der Waals surface area (Å²) in [5, 5.41) is 4.29. The predicted molar refractivity (Wildman–Crippen MR) is 90.2 cm³/mol. The molecule has 1 aromatic carbocycles. The lowest BCUT2D eigenvalue weighted by Gasteiger charge is -2.25. The van der Waals surface area contributed by atoms with Crippen molar-refractivity contribution in [3.8, 4) is 5.75 Å². The van der Waals surface area contributed by atoms with Crippen LogP contribution in [0.5, 0.6) is 5.75 Å². The molecule has 0 heterocycles. The highest BCUT2D eigenvalue weighted by Gasteiger charge is 2.17. The molecule has 21 heavy (non-hydrogen) atoms. The molecule has 0 aliphatic heterocycles. The minimum atomic E-state index is 0.406. The molecular formula is C18H28ClNO. The molecule has 118 valence electrons. The van der Waals surface area contributed by atoms with E-state index in [-0.39, 0.29) is 0 Å². The SMILES string of the molecule is CCNC(CCC1CCCCC1)c1ccc(Cl)c(OC)c1. The normalized spacial score (nSPS) is 17.7. The van der Waals surface area contributed by atoms with E-state index in [0.29, 0.717) is 11.1 Å². The van der Waals surface area contributed by atoms with Crippen LogP contribution in [-0.4, -0.2) is 13.7 Å². The fourth-order valence-corrected chi connectivity index (χ4v) is 3.60. The minimum absolute atomic E-state index is 0.406. The second kappa shape index (κ2) is 8.65. The summed E-state index contributed by atoms with van der Waals surface area (Å²) in [6.45, 7) is 3.15. The van der Waals surface area contributed by atoms with Crippen LogP contribution in [0.15, 0.2) is 18.2 Å². The fraction of sp³-hybridized carbons (Fsp3) is 0.667. The molecular weight excluding hydrogens is 282 g/mol. The maximum atomic E-state index is 6.13. The van der Waals surface area contributed by atoms with Crippen LogP contribution in [0.3, 0.4) is 0 Å². The van der Waals surface area contributed by atoms with Gasteiger partial charge in [-0.25, -0.2) is 0 Å². The molecule has 1 fully saturated rings. The van der Waals surface area contributed by atoms with Gasteiger partial charge in [0.05, 0.1) is 12.1 Å². The minimum Gasteiger partial charge on any atom is -0.495 e. The predicted octanol–water partition coefficient (Wildman–Crippen LogP) is 5.36. The molecule has 0 saturated heterocycles. The van der Waals surface area contributed by atoms with E-state index >= 15 is 0 Å². The summed E-state index contributed by atoms with van der Waals surface area (Å²) in [5.74, 6) is 1.70. The van der Waals surface area contributed by atoms with Gasteiger partial charge >= 0.3 is 0 Å². The Morgan fingerprint density at radius 3 is 2.71 bits per heavy atom. The number of hydrogen-bond acceptors (Lipinski definition) is 2. The molecule has 1 saturated carbocycles. The van der Waals surface area contributed by atoms with E-state index in [9.17, 15) is 0 Å². The Labute approximate surface area is 134 Å². The van der Waals surface area contributed by atoms with Crippen molar-refractivity contribution in [1.82, 2.24) is 5.32 Å². The van der Waals surface area contributed by atoms with Crippen LogP contribution >= 0.6 is 11.6 Å². The average molecular weight is 310 g/mol. The monoisotopic (exact) mass is 309 g/mol. The van der Waals surface area contributed by atoms with E-state index in [1.165, 1.54) is 50.5 Å². The third-order valence-corrected chi connectivity index (χ3v) is 4.93. The maximum Gasteiger partial charge on any atom is 0.137 e. The van der Waals surface area contributed by atoms with Crippen LogP contribution in [0, 0.1) is 5.92 Å². The molecule has 1 aromatic rings. The lowest BCUT2D eigenvalue weighted by atomic mass is 9.84. The Bertz CT molecular complexity index is 429. The van der Waals surface area contributed by atoms with E-state index in [1.54, 1.807) is 7.11 Å². The fourth-order valence-electron chi connectivity index (χ4n) is 3.40. The Morgan fingerprint density at radius 1 is 1.29 bits per heavy atom. The third-order valence-electron chi connectivity index (χ3n) is 4.62. The molecule has 3 heteroatoms. The first kappa shape index (κ1) is 16.6. The summed E-state index contributed by atoms with van der Waals surface area (Å²) in [5.41, 5.74) is 1.29. The first-order valence-corrected chi connectivity index (χ1v) is 8.69. The van der Waals surface area contributed by atoms with E-state index in [0.717, 1.165) is 18.2 Å². The van der Waals surface area contributed by atoms with Crippen molar-refractivity contribution < 1.29 is 4.74 Å². The number of rotatable bonds is 7. The van der Waals surface area contributed by atoms with Crippen LogP contribution in [0.2, 0.25) is 5.02 Å². The van der Waals surface area contributed by atoms with E-state index in [2.05, 4.69) is 24.4 Å². The zero-order valence-corrected chi connectivity index (χ0v) is 14.1. The average Bonchev–Trinajstić information content (AvgIpc) is 2.53. The van der Waals surface area contributed by atoms with Gasteiger partial charge in [-0.15, -0.1) is 0 Å². The van der Waals surface area contributed by atoms with Crippen molar-refractivity contribution >= 4 is 11.6 Å². The van der Waals surface area contributed by atoms with Gasteiger partial charge in [0.25, 0.3) is 0 Å². The van der Waals surface area contributed by atoms with Gasteiger partial charge in [-0.3, -0.25) is 0 Å². The molecule has 2 nitrogen and oxygen atoms in total. The molecule has 0 aromatic heterocycles. The summed E-state index contributed by atoms with van der Waals surface area (Å²) >= 11 is 6.13. The highest BCUT2D eigenvalue weighted by Crippen LogP contribution is 2.33. The van der Waals surface area contributed by atoms with Crippen molar-refractivity contribution in [3.05, 3.63) is 28.8 Å². The Balaban J connectivity index is 2.00. The summed E-state index contributed by atoms with van der Waals surface area (Å²) < 4.78 is 5.35. The summed E-state index contributed by atoms with van der Waals surface area (Å²) in [6, 6.07) is 6.55. The van der Waals surface area contributed by atoms with Crippen LogP contribution in [0.4, 0.5) is 0 Å². The van der Waals surface area contributed by atoms with Crippen molar-refractivity contribution in [3.63, 3.8) is 0 Å². The van der Waals surface area contributed by atoms with Gasteiger partial charge < -0.3 is 10.1 Å². The van der Waals surface area contributed by atoms with Gasteiger partial charge in [0.1, 0.15) is 5.75 Å². The molecule has 1 N–H and O–H groups in total. The maximum absolute atomic E-state index is 6.13. The number of ether oxygens (including phenoxy) is 1. The zero-order valence-electron chi connectivity index (χ0n) is 13.3. The Kier molecular flexibility index (Phi) is 6.85. The number of halogens is 1. The lowest BCUT2D eigenvalue weighted by molar-refractivity contribution is 0.315. The molecule has 1 unspecified atom stereocenters. The second-order valence-electron chi connectivity index (χ2n) is 6.09. The summed E-state index contributed by atoms with van der Waals surface area (Å²) in [6.07, 6.45) is 9.63. The van der Waals surface area contributed by atoms with E-state index in [4.69, 9.17) is 16.3 Å². The number of nitrogens with one attached hydrogen (secondary N) is 1. The van der Waals surface area contributed by atoms with E-state index in [1.807, 2.05) is 6.07 Å². The van der Waals surface area contributed by atoms with Crippen molar-refractivity contribution in [2.75, 3.05) is 13.7 Å². The van der Waals surface area contributed by atoms with Crippen LogP contribution < -0.4 is 10.1 Å². The molecule has 0 radical (unpaired) electrons. The third kappa shape index (κ3) is 4.89. The van der Waals surface area contributed by atoms with Crippen molar-refractivity contribution in [2.45, 2.75) is 57.9 Å². The molecule has 0 bridgehead atoms. The summed E-state index contributed by atoms with van der Waals surface area (Å²) in [7, 11) is 1.68. The number of methoxy groups -OCH3 is 1. The van der Waals surface area contributed by atoms with Gasteiger partial charge in [-0.05, 0) is 43.0 Å². The van der Waals surface area contributed by atoms with Gasteiger partial charge in [-0.2, -0.15) is 0 Å². The van der Waals surface area contributed by atoms with Gasteiger partial charge in [0.2, 0.25) is 0 Å².